The van der Waals surface area contributed by atoms with Gasteiger partial charge in [-0.25, -0.2) is 13.1 Å². The van der Waals surface area contributed by atoms with Gasteiger partial charge in [0, 0.05) is 11.8 Å². The average molecular weight is 379 g/mol. The molecule has 0 aliphatic heterocycles. The number of thioether (sulfide) groups is 1. The molecule has 0 aliphatic rings. The van der Waals surface area contributed by atoms with E-state index in [4.69, 9.17) is 11.6 Å². The van der Waals surface area contributed by atoms with Gasteiger partial charge in [-0.05, 0) is 34.7 Å². The van der Waals surface area contributed by atoms with E-state index in [1.807, 2.05) is 6.26 Å². The minimum absolute atomic E-state index is 0.242. The molecule has 8 heteroatoms. The number of sulfonamides is 1. The molecule has 0 radical (unpaired) electrons. The third-order valence-corrected chi connectivity index (χ3v) is 7.58. The van der Waals surface area contributed by atoms with E-state index >= 15 is 0 Å². The molecular formula is C9H13BrClNO2S3. The summed E-state index contributed by atoms with van der Waals surface area (Å²) in [5, 5.41) is 0.865. The maximum Gasteiger partial charge on any atom is 0.250 e. The van der Waals surface area contributed by atoms with Crippen molar-refractivity contribution in [3.8, 4) is 0 Å². The van der Waals surface area contributed by atoms with Crippen LogP contribution in [0.1, 0.15) is 13.3 Å². The number of rotatable bonds is 6. The molecule has 0 bridgehead atoms. The van der Waals surface area contributed by atoms with Crippen molar-refractivity contribution >= 4 is 60.7 Å². The number of hydrogen-bond donors (Lipinski definition) is 1. The Morgan fingerprint density at radius 3 is 2.76 bits per heavy atom. The van der Waals surface area contributed by atoms with Crippen LogP contribution < -0.4 is 4.72 Å². The summed E-state index contributed by atoms with van der Waals surface area (Å²) in [4.78, 5) is 0. The molecule has 17 heavy (non-hydrogen) atoms. The number of halogens is 2. The Labute approximate surface area is 124 Å². The monoisotopic (exact) mass is 377 g/mol. The molecule has 0 spiro atoms. The van der Waals surface area contributed by atoms with E-state index in [2.05, 4.69) is 27.6 Å². The van der Waals surface area contributed by atoms with Crippen LogP contribution in [0.4, 0.5) is 0 Å². The zero-order valence-electron chi connectivity index (χ0n) is 9.37. The van der Waals surface area contributed by atoms with Crippen molar-refractivity contribution in [3.05, 3.63) is 14.9 Å². The highest BCUT2D eigenvalue weighted by molar-refractivity contribution is 9.11. The Kier molecular flexibility index (Phi) is 6.29. The Hall–Kier alpha value is 0.730. The summed E-state index contributed by atoms with van der Waals surface area (Å²) in [7, 11) is -3.42. The predicted octanol–water partition coefficient (Wildman–Crippen LogP) is 3.58. The molecule has 0 aliphatic carbocycles. The molecular weight excluding hydrogens is 366 g/mol. The van der Waals surface area contributed by atoms with Crippen LogP contribution >= 0.6 is 50.6 Å². The maximum atomic E-state index is 11.9. The zero-order chi connectivity index (χ0) is 13.1. The fourth-order valence-corrected chi connectivity index (χ4v) is 4.89. The van der Waals surface area contributed by atoms with Crippen LogP contribution in [0.25, 0.3) is 0 Å². The molecule has 0 aromatic carbocycles. The minimum atomic E-state index is -3.42. The number of thiophene rings is 1. The molecule has 0 saturated carbocycles. The number of nitrogens with one attached hydrogen (secondary N) is 1. The summed E-state index contributed by atoms with van der Waals surface area (Å²) in [6.45, 7) is 2.51. The van der Waals surface area contributed by atoms with E-state index in [-0.39, 0.29) is 4.21 Å². The van der Waals surface area contributed by atoms with Crippen molar-refractivity contribution < 1.29 is 8.42 Å². The van der Waals surface area contributed by atoms with Gasteiger partial charge in [0.2, 0.25) is 10.0 Å². The van der Waals surface area contributed by atoms with Crippen LogP contribution in [0.15, 0.2) is 14.1 Å². The maximum absolute atomic E-state index is 11.9. The molecule has 1 aromatic rings. The highest BCUT2D eigenvalue weighted by Crippen LogP contribution is 2.34. The fourth-order valence-electron chi connectivity index (χ4n) is 1.04. The van der Waals surface area contributed by atoms with E-state index in [0.29, 0.717) is 20.6 Å². The first-order valence-electron chi connectivity index (χ1n) is 4.84. The van der Waals surface area contributed by atoms with Crippen molar-refractivity contribution in [2.45, 2.75) is 22.8 Å². The van der Waals surface area contributed by atoms with Crippen molar-refractivity contribution in [1.82, 2.24) is 4.72 Å². The lowest BCUT2D eigenvalue weighted by atomic mass is 10.3. The van der Waals surface area contributed by atoms with Gasteiger partial charge >= 0.3 is 0 Å². The predicted molar refractivity (Wildman–Crippen MR) is 79.8 cm³/mol. The van der Waals surface area contributed by atoms with E-state index in [0.717, 1.165) is 17.8 Å². The molecule has 1 heterocycles. The van der Waals surface area contributed by atoms with E-state index in [1.165, 1.54) is 6.07 Å². The first-order valence-corrected chi connectivity index (χ1v) is 9.60. The topological polar surface area (TPSA) is 46.2 Å². The highest BCUT2D eigenvalue weighted by atomic mass is 79.9. The summed E-state index contributed by atoms with van der Waals surface area (Å²) in [6, 6.07) is 1.45. The smallest absolute Gasteiger partial charge is 0.210 e. The Balaban J connectivity index is 2.63. The third kappa shape index (κ3) is 4.72. The SMILES string of the molecule is CSC(C)CCNS(=O)(=O)c1cc(Cl)c(Br)s1. The lowest BCUT2D eigenvalue weighted by Gasteiger charge is -2.08. The molecule has 1 N–H and O–H groups in total. The fraction of sp³-hybridized carbons (Fsp3) is 0.556. The van der Waals surface area contributed by atoms with Gasteiger partial charge in [-0.15, -0.1) is 11.3 Å². The van der Waals surface area contributed by atoms with E-state index < -0.39 is 10.0 Å². The van der Waals surface area contributed by atoms with Gasteiger partial charge in [0.05, 0.1) is 8.81 Å². The van der Waals surface area contributed by atoms with Crippen LogP contribution in [-0.2, 0) is 10.0 Å². The summed E-state index contributed by atoms with van der Waals surface area (Å²) in [5.41, 5.74) is 0. The van der Waals surface area contributed by atoms with Gasteiger partial charge in [-0.3, -0.25) is 0 Å². The lowest BCUT2D eigenvalue weighted by molar-refractivity contribution is 0.581. The molecule has 1 aromatic heterocycles. The second-order valence-electron chi connectivity index (χ2n) is 3.42. The molecule has 0 amide bonds. The van der Waals surface area contributed by atoms with Crippen molar-refractivity contribution in [1.29, 1.82) is 0 Å². The van der Waals surface area contributed by atoms with E-state index in [9.17, 15) is 8.42 Å². The van der Waals surface area contributed by atoms with Crippen LogP contribution in [0, 0.1) is 0 Å². The summed E-state index contributed by atoms with van der Waals surface area (Å²) in [6.07, 6.45) is 2.82. The Morgan fingerprint density at radius 2 is 2.29 bits per heavy atom. The normalized spacial score (nSPS) is 13.9. The second-order valence-corrected chi connectivity index (χ2v) is 9.47. The molecule has 1 atom stereocenters. The van der Waals surface area contributed by atoms with Gasteiger partial charge < -0.3 is 0 Å². The van der Waals surface area contributed by atoms with Gasteiger partial charge in [0.1, 0.15) is 4.21 Å². The number of hydrogen-bond acceptors (Lipinski definition) is 4. The molecule has 3 nitrogen and oxygen atoms in total. The van der Waals surface area contributed by atoms with Crippen LogP contribution in [0.3, 0.4) is 0 Å². The lowest BCUT2D eigenvalue weighted by Crippen LogP contribution is -2.25. The first-order chi connectivity index (χ1) is 7.86. The standard InChI is InChI=1S/C9H13BrClNO2S3/c1-6(15-2)3-4-12-17(13,14)8-5-7(11)9(10)16-8/h5-6,12H,3-4H2,1-2H3. The average Bonchev–Trinajstić information content (AvgIpc) is 2.59. The summed E-state index contributed by atoms with van der Waals surface area (Å²) >= 11 is 11.8. The summed E-state index contributed by atoms with van der Waals surface area (Å²) < 4.78 is 27.2. The minimum Gasteiger partial charge on any atom is -0.210 e. The first kappa shape index (κ1) is 15.8. The molecule has 0 fully saturated rings. The quantitative estimate of drug-likeness (QED) is 0.823. The Bertz CT molecular complexity index is 455. The zero-order valence-corrected chi connectivity index (χ0v) is 14.2. The van der Waals surface area contributed by atoms with Gasteiger partial charge in [0.25, 0.3) is 0 Å². The van der Waals surface area contributed by atoms with Gasteiger partial charge in [-0.2, -0.15) is 11.8 Å². The molecule has 1 rings (SSSR count). The van der Waals surface area contributed by atoms with E-state index in [1.54, 1.807) is 11.8 Å². The van der Waals surface area contributed by atoms with Crippen LogP contribution in [0.2, 0.25) is 5.02 Å². The largest absolute Gasteiger partial charge is 0.250 e. The third-order valence-electron chi connectivity index (χ3n) is 2.13. The molecule has 1 unspecified atom stereocenters. The molecule has 0 saturated heterocycles. The van der Waals surface area contributed by atoms with Crippen LogP contribution in [-0.4, -0.2) is 26.5 Å². The highest BCUT2D eigenvalue weighted by Gasteiger charge is 2.18. The van der Waals surface area contributed by atoms with Crippen molar-refractivity contribution in [2.75, 3.05) is 12.8 Å². The van der Waals surface area contributed by atoms with Gasteiger partial charge in [-0.1, -0.05) is 18.5 Å². The summed E-state index contributed by atoms with van der Waals surface area (Å²) in [5.74, 6) is 0. The van der Waals surface area contributed by atoms with Crippen molar-refractivity contribution in [2.24, 2.45) is 0 Å². The van der Waals surface area contributed by atoms with Gasteiger partial charge in [0.15, 0.2) is 0 Å². The second kappa shape index (κ2) is 6.77. The Morgan fingerprint density at radius 1 is 1.65 bits per heavy atom. The van der Waals surface area contributed by atoms with Crippen LogP contribution in [0.5, 0.6) is 0 Å². The molecule has 98 valence electrons. The van der Waals surface area contributed by atoms with Crippen molar-refractivity contribution in [3.63, 3.8) is 0 Å².